The molecular formula is C20H22N2O2. The van der Waals surface area contributed by atoms with Crippen LogP contribution < -0.4 is 9.64 Å². The van der Waals surface area contributed by atoms with Crippen LogP contribution in [0.5, 0.6) is 5.75 Å². The van der Waals surface area contributed by atoms with Crippen molar-refractivity contribution in [2.75, 3.05) is 38.2 Å². The Labute approximate surface area is 143 Å². The average Bonchev–Trinajstić information content (AvgIpc) is 2.67. The Morgan fingerprint density at radius 2 is 1.62 bits per heavy atom. The lowest BCUT2D eigenvalue weighted by Gasteiger charge is -2.35. The van der Waals surface area contributed by atoms with E-state index in [1.165, 1.54) is 5.69 Å². The summed E-state index contributed by atoms with van der Waals surface area (Å²) in [6, 6.07) is 18.0. The molecule has 0 saturated carbocycles. The van der Waals surface area contributed by atoms with E-state index in [2.05, 4.69) is 17.0 Å². The van der Waals surface area contributed by atoms with Crippen LogP contribution in [0, 0.1) is 0 Å². The first-order valence-corrected chi connectivity index (χ1v) is 8.17. The van der Waals surface area contributed by atoms with Gasteiger partial charge in [-0.1, -0.05) is 30.3 Å². The Kier molecular flexibility index (Phi) is 5.16. The summed E-state index contributed by atoms with van der Waals surface area (Å²) in [7, 11) is 1.64. The van der Waals surface area contributed by atoms with Crippen molar-refractivity contribution in [1.82, 2.24) is 4.90 Å². The smallest absolute Gasteiger partial charge is 0.246 e. The molecule has 124 valence electrons. The van der Waals surface area contributed by atoms with Gasteiger partial charge in [-0.15, -0.1) is 0 Å². The second-order valence-electron chi connectivity index (χ2n) is 5.75. The van der Waals surface area contributed by atoms with Crippen molar-refractivity contribution in [3.63, 3.8) is 0 Å². The molecule has 0 radical (unpaired) electrons. The Bertz CT molecular complexity index is 687. The lowest BCUT2D eigenvalue weighted by molar-refractivity contribution is -0.126. The number of piperazine rings is 1. The van der Waals surface area contributed by atoms with E-state index >= 15 is 0 Å². The number of hydrogen-bond donors (Lipinski definition) is 0. The number of hydrogen-bond acceptors (Lipinski definition) is 3. The molecule has 0 unspecified atom stereocenters. The zero-order valence-corrected chi connectivity index (χ0v) is 13.9. The number of benzene rings is 2. The average molecular weight is 322 g/mol. The van der Waals surface area contributed by atoms with Gasteiger partial charge in [0.2, 0.25) is 5.91 Å². The van der Waals surface area contributed by atoms with Crippen molar-refractivity contribution < 1.29 is 9.53 Å². The van der Waals surface area contributed by atoms with E-state index < -0.39 is 0 Å². The quantitative estimate of drug-likeness (QED) is 0.811. The number of methoxy groups -OCH3 is 1. The van der Waals surface area contributed by atoms with Gasteiger partial charge in [-0.2, -0.15) is 0 Å². The number of rotatable bonds is 4. The van der Waals surface area contributed by atoms with Gasteiger partial charge in [0, 0.05) is 37.9 Å². The lowest BCUT2D eigenvalue weighted by Crippen LogP contribution is -2.48. The fraction of sp³-hybridized carbons (Fsp3) is 0.250. The third-order valence-electron chi connectivity index (χ3n) is 4.25. The van der Waals surface area contributed by atoms with E-state index in [1.807, 2.05) is 53.4 Å². The Morgan fingerprint density at radius 3 is 2.25 bits per heavy atom. The zero-order valence-electron chi connectivity index (χ0n) is 13.9. The minimum atomic E-state index is 0.0681. The fourth-order valence-electron chi connectivity index (χ4n) is 2.81. The number of anilines is 1. The van der Waals surface area contributed by atoms with Crippen LogP contribution in [0.1, 0.15) is 5.56 Å². The summed E-state index contributed by atoms with van der Waals surface area (Å²) in [6.07, 6.45) is 3.51. The molecule has 2 aromatic carbocycles. The minimum Gasteiger partial charge on any atom is -0.497 e. The summed E-state index contributed by atoms with van der Waals surface area (Å²) < 4.78 is 5.13. The summed E-state index contributed by atoms with van der Waals surface area (Å²) in [4.78, 5) is 16.6. The van der Waals surface area contributed by atoms with Gasteiger partial charge in [-0.05, 0) is 35.9 Å². The van der Waals surface area contributed by atoms with Crippen LogP contribution in [-0.2, 0) is 4.79 Å². The molecule has 4 nitrogen and oxygen atoms in total. The highest BCUT2D eigenvalue weighted by Gasteiger charge is 2.19. The number of carbonyl (C=O) groups is 1. The summed E-state index contributed by atoms with van der Waals surface area (Å²) in [6.45, 7) is 3.24. The highest BCUT2D eigenvalue weighted by atomic mass is 16.5. The molecule has 2 aromatic rings. The number of para-hydroxylation sites is 1. The van der Waals surface area contributed by atoms with Gasteiger partial charge in [0.1, 0.15) is 5.75 Å². The topological polar surface area (TPSA) is 32.8 Å². The Balaban J connectivity index is 1.54. The molecular weight excluding hydrogens is 300 g/mol. The maximum Gasteiger partial charge on any atom is 0.246 e. The van der Waals surface area contributed by atoms with Gasteiger partial charge in [0.05, 0.1) is 7.11 Å². The highest BCUT2D eigenvalue weighted by molar-refractivity contribution is 5.92. The Hall–Kier alpha value is -2.75. The monoisotopic (exact) mass is 322 g/mol. The van der Waals surface area contributed by atoms with Crippen LogP contribution in [-0.4, -0.2) is 44.1 Å². The molecule has 24 heavy (non-hydrogen) atoms. The van der Waals surface area contributed by atoms with E-state index in [1.54, 1.807) is 13.2 Å². The molecule has 0 bridgehead atoms. The summed E-state index contributed by atoms with van der Waals surface area (Å²) in [5.74, 6) is 0.883. The standard InChI is InChI=1S/C20H22N2O2/c1-24-19-10-7-17(8-11-19)9-12-20(23)22-15-13-21(14-16-22)18-5-3-2-4-6-18/h2-12H,13-16H2,1H3/b12-9+. The van der Waals surface area contributed by atoms with E-state index in [0.717, 1.165) is 37.5 Å². The van der Waals surface area contributed by atoms with Crippen molar-refractivity contribution in [2.24, 2.45) is 0 Å². The van der Waals surface area contributed by atoms with E-state index in [4.69, 9.17) is 4.74 Å². The fourth-order valence-corrected chi connectivity index (χ4v) is 2.81. The van der Waals surface area contributed by atoms with Crippen LogP contribution in [0.3, 0.4) is 0 Å². The summed E-state index contributed by atoms with van der Waals surface area (Å²) >= 11 is 0. The second-order valence-corrected chi connectivity index (χ2v) is 5.75. The van der Waals surface area contributed by atoms with Gasteiger partial charge < -0.3 is 14.5 Å². The molecule has 1 heterocycles. The van der Waals surface area contributed by atoms with Crippen molar-refractivity contribution in [3.05, 3.63) is 66.2 Å². The predicted molar refractivity (Wildman–Crippen MR) is 97.3 cm³/mol. The largest absolute Gasteiger partial charge is 0.497 e. The molecule has 1 saturated heterocycles. The first-order valence-electron chi connectivity index (χ1n) is 8.17. The van der Waals surface area contributed by atoms with Gasteiger partial charge in [0.15, 0.2) is 0 Å². The summed E-state index contributed by atoms with van der Waals surface area (Å²) in [5.41, 5.74) is 2.21. The van der Waals surface area contributed by atoms with Crippen LogP contribution in [0.2, 0.25) is 0 Å². The van der Waals surface area contributed by atoms with Gasteiger partial charge in [-0.25, -0.2) is 0 Å². The van der Waals surface area contributed by atoms with Crippen molar-refractivity contribution in [3.8, 4) is 5.75 Å². The van der Waals surface area contributed by atoms with Crippen LogP contribution in [0.15, 0.2) is 60.7 Å². The van der Waals surface area contributed by atoms with Crippen molar-refractivity contribution in [1.29, 1.82) is 0 Å². The number of ether oxygens (including phenoxy) is 1. The lowest BCUT2D eigenvalue weighted by atomic mass is 10.2. The molecule has 0 aromatic heterocycles. The van der Waals surface area contributed by atoms with E-state index in [0.29, 0.717) is 0 Å². The highest BCUT2D eigenvalue weighted by Crippen LogP contribution is 2.16. The molecule has 0 aliphatic carbocycles. The third kappa shape index (κ3) is 3.96. The van der Waals surface area contributed by atoms with Crippen LogP contribution in [0.25, 0.3) is 6.08 Å². The molecule has 3 rings (SSSR count). The zero-order chi connectivity index (χ0) is 16.8. The maximum absolute atomic E-state index is 12.3. The first kappa shape index (κ1) is 16.1. The molecule has 0 atom stereocenters. The third-order valence-corrected chi connectivity index (χ3v) is 4.25. The number of nitrogens with zero attached hydrogens (tertiary/aromatic N) is 2. The SMILES string of the molecule is COc1ccc(/C=C/C(=O)N2CCN(c3ccccc3)CC2)cc1. The molecule has 1 aliphatic rings. The van der Waals surface area contributed by atoms with E-state index in [9.17, 15) is 4.79 Å². The van der Waals surface area contributed by atoms with Crippen molar-refractivity contribution in [2.45, 2.75) is 0 Å². The normalized spacial score (nSPS) is 14.9. The van der Waals surface area contributed by atoms with Crippen molar-refractivity contribution >= 4 is 17.7 Å². The number of carbonyl (C=O) groups excluding carboxylic acids is 1. The molecule has 4 heteroatoms. The maximum atomic E-state index is 12.3. The van der Waals surface area contributed by atoms with Crippen LogP contribution in [0.4, 0.5) is 5.69 Å². The van der Waals surface area contributed by atoms with Gasteiger partial charge >= 0.3 is 0 Å². The second kappa shape index (κ2) is 7.68. The van der Waals surface area contributed by atoms with Gasteiger partial charge in [0.25, 0.3) is 0 Å². The Morgan fingerprint density at radius 1 is 0.958 bits per heavy atom. The van der Waals surface area contributed by atoms with E-state index in [-0.39, 0.29) is 5.91 Å². The molecule has 0 spiro atoms. The number of amides is 1. The molecule has 0 N–H and O–H groups in total. The molecule has 1 amide bonds. The summed E-state index contributed by atoms with van der Waals surface area (Å²) in [5, 5.41) is 0. The first-order chi connectivity index (χ1) is 11.8. The predicted octanol–water partition coefficient (Wildman–Crippen LogP) is 3.06. The van der Waals surface area contributed by atoms with Crippen LogP contribution >= 0.6 is 0 Å². The minimum absolute atomic E-state index is 0.0681. The molecule has 1 aliphatic heterocycles. The van der Waals surface area contributed by atoms with Gasteiger partial charge in [-0.3, -0.25) is 4.79 Å². The molecule has 1 fully saturated rings.